The van der Waals surface area contributed by atoms with E-state index in [1.807, 2.05) is 19.9 Å². The van der Waals surface area contributed by atoms with Crippen LogP contribution >= 0.6 is 0 Å². The van der Waals surface area contributed by atoms with Crippen LogP contribution < -0.4 is 4.74 Å². The van der Waals surface area contributed by atoms with Gasteiger partial charge in [-0.3, -0.25) is 0 Å². The largest absolute Gasteiger partial charge is 0.504 e. The van der Waals surface area contributed by atoms with Crippen molar-refractivity contribution in [2.75, 3.05) is 46.8 Å². The molecule has 9 rings (SSSR count). The van der Waals surface area contributed by atoms with Crippen molar-refractivity contribution in [3.8, 4) is 34.5 Å². The number of hydrogen-bond donors (Lipinski definition) is 5. The molecule has 310 valence electrons. The molecule has 0 aromatic heterocycles. The summed E-state index contributed by atoms with van der Waals surface area (Å²) in [4.78, 5) is 16.4. The first kappa shape index (κ1) is 51.2. The molecule has 6 heterocycles. The Morgan fingerprint density at radius 3 is 1.09 bits per heavy atom. The van der Waals surface area contributed by atoms with Gasteiger partial charge in [-0.15, -0.1) is 0 Å². The summed E-state index contributed by atoms with van der Waals surface area (Å²) in [7, 11) is 1.52. The minimum Gasteiger partial charge on any atom is -0.504 e. The van der Waals surface area contributed by atoms with Gasteiger partial charge in [0.25, 0.3) is 0 Å². The third kappa shape index (κ3) is 11.9. The van der Waals surface area contributed by atoms with Crippen molar-refractivity contribution >= 4 is 17.1 Å². The van der Waals surface area contributed by atoms with Gasteiger partial charge in [-0.05, 0) is 54.6 Å². The summed E-state index contributed by atoms with van der Waals surface area (Å²) >= 11 is 0. The average Bonchev–Trinajstić information content (AvgIpc) is 4.06. The molecule has 3 aromatic rings. The molecule has 58 heavy (non-hydrogen) atoms. The number of hydrogen-bond acceptors (Lipinski definition) is 15. The molecule has 19 heteroatoms. The average molecular weight is 954 g/mol. The van der Waals surface area contributed by atoms with E-state index in [-0.39, 0.29) is 120 Å². The van der Waals surface area contributed by atoms with E-state index in [1.54, 1.807) is 24.3 Å². The van der Waals surface area contributed by atoms with Crippen molar-refractivity contribution in [1.29, 1.82) is 0 Å². The number of aromatic hydroxyl groups is 5. The Morgan fingerprint density at radius 2 is 0.810 bits per heavy atom. The standard InChI is InChI=1S/C13H15NO4.2C12H13NO4.C2H6.4V/c1-16-12-3-2-9(6-11(12)15)10-7-13(18-14-10)4-5-17-8-13;2*14-10-2-1-8(5-11(10)15)9-6-12(17-13-9)3-4-16-7-12;1-2;;;;/h2-3,6,15H,4-5,7-8H2,1H3;2*1-2,5,14-15H,3-4,6-7H2;1-2H3;;;;. The summed E-state index contributed by atoms with van der Waals surface area (Å²) in [6.45, 7) is 7.82. The van der Waals surface area contributed by atoms with Gasteiger partial charge in [0.05, 0.1) is 63.9 Å². The first-order valence-corrected chi connectivity index (χ1v) is 18.0. The van der Waals surface area contributed by atoms with Gasteiger partial charge in [0, 0.05) is 129 Å². The molecule has 0 saturated carbocycles. The number of ether oxygens (including phenoxy) is 4. The van der Waals surface area contributed by atoms with Crippen LogP contribution in [-0.4, -0.2) is 106 Å². The molecule has 5 N–H and O–H groups in total. The third-order valence-corrected chi connectivity index (χ3v) is 9.85. The number of benzene rings is 3. The minimum absolute atomic E-state index is 0. The van der Waals surface area contributed by atoms with Crippen molar-refractivity contribution in [3.63, 3.8) is 0 Å². The molecule has 0 amide bonds. The fraction of sp³-hybridized carbons (Fsp3) is 0.462. The van der Waals surface area contributed by atoms with Crippen LogP contribution in [0.3, 0.4) is 0 Å². The van der Waals surface area contributed by atoms with Crippen LogP contribution in [0.5, 0.6) is 34.5 Å². The van der Waals surface area contributed by atoms with Crippen LogP contribution in [0.4, 0.5) is 0 Å². The zero-order valence-corrected chi connectivity index (χ0v) is 38.0. The van der Waals surface area contributed by atoms with Gasteiger partial charge >= 0.3 is 0 Å². The molecule has 6 aliphatic rings. The van der Waals surface area contributed by atoms with Gasteiger partial charge in [-0.2, -0.15) is 0 Å². The quantitative estimate of drug-likeness (QED) is 0.207. The maximum Gasteiger partial charge on any atom is 0.168 e. The normalized spacial score (nSPS) is 24.2. The molecule has 3 fully saturated rings. The maximum absolute atomic E-state index is 9.76. The second-order valence-corrected chi connectivity index (χ2v) is 13.7. The van der Waals surface area contributed by atoms with Crippen molar-refractivity contribution < 1.29 is 133 Å². The molecule has 6 aliphatic heterocycles. The zero-order valence-electron chi connectivity index (χ0n) is 32.4. The van der Waals surface area contributed by atoms with Crippen molar-refractivity contribution in [1.82, 2.24) is 0 Å². The van der Waals surface area contributed by atoms with E-state index in [2.05, 4.69) is 15.5 Å². The van der Waals surface area contributed by atoms with Crippen LogP contribution in [0, 0.1) is 0 Å². The van der Waals surface area contributed by atoms with Crippen molar-refractivity contribution in [2.24, 2.45) is 15.5 Å². The molecule has 4 radical (unpaired) electrons. The number of phenols is 5. The van der Waals surface area contributed by atoms with Gasteiger partial charge in [0.2, 0.25) is 0 Å². The summed E-state index contributed by atoms with van der Waals surface area (Å²) in [5, 5.41) is 59.4. The smallest absolute Gasteiger partial charge is 0.168 e. The van der Waals surface area contributed by atoms with Gasteiger partial charge in [0.15, 0.2) is 51.3 Å². The first-order valence-electron chi connectivity index (χ1n) is 18.0. The van der Waals surface area contributed by atoms with Crippen LogP contribution in [0.15, 0.2) is 70.1 Å². The van der Waals surface area contributed by atoms with Crippen LogP contribution in [0.2, 0.25) is 0 Å². The predicted octanol–water partition coefficient (Wildman–Crippen LogP) is 5.46. The summed E-state index contributed by atoms with van der Waals surface area (Å²) < 4.78 is 21.0. The predicted molar refractivity (Wildman–Crippen MR) is 197 cm³/mol. The number of phenolic OH excluding ortho intramolecular Hbond substituents is 5. The van der Waals surface area contributed by atoms with Crippen molar-refractivity contribution in [2.45, 2.75) is 69.2 Å². The molecule has 3 spiro atoms. The fourth-order valence-electron chi connectivity index (χ4n) is 6.70. The van der Waals surface area contributed by atoms with E-state index in [9.17, 15) is 25.5 Å². The molecule has 3 atom stereocenters. The molecule has 0 bridgehead atoms. The second-order valence-electron chi connectivity index (χ2n) is 13.7. The van der Waals surface area contributed by atoms with Crippen molar-refractivity contribution in [3.05, 3.63) is 71.3 Å². The number of oxime groups is 3. The van der Waals surface area contributed by atoms with Gasteiger partial charge in [-0.25, -0.2) is 0 Å². The van der Waals surface area contributed by atoms with Gasteiger partial charge < -0.3 is 59.0 Å². The van der Waals surface area contributed by atoms with E-state index in [4.69, 9.17) is 33.5 Å². The Labute approximate surface area is 385 Å². The molecular weight excluding hydrogens is 906 g/mol. The Morgan fingerprint density at radius 1 is 0.483 bits per heavy atom. The van der Waals surface area contributed by atoms with Crippen LogP contribution in [-0.2, 0) is 103 Å². The number of methoxy groups -OCH3 is 1. The van der Waals surface area contributed by atoms with Gasteiger partial charge in [0.1, 0.15) is 0 Å². The second kappa shape index (κ2) is 22.6. The Kier molecular flexibility index (Phi) is 20.0. The molecule has 0 aliphatic carbocycles. The molecule has 3 saturated heterocycles. The summed E-state index contributed by atoms with van der Waals surface area (Å²) in [6.07, 6.45) is 4.61. The topological polar surface area (TPSA) is 203 Å². The molecular formula is C39H47N3O12V4. The SMILES string of the molecule is CC.COc1ccc(C2=NOC3(CCOC3)C2)cc1O.Oc1ccc(C2=NOC3(CCOC3)C2)cc1O.Oc1ccc(C2=NOC3(CCOC3)C2)cc1O.[V].[V].[V].[V]. The van der Waals surface area contributed by atoms with E-state index >= 15 is 0 Å². The van der Waals surface area contributed by atoms with E-state index in [0.717, 1.165) is 66.1 Å². The van der Waals surface area contributed by atoms with E-state index < -0.39 is 0 Å². The summed E-state index contributed by atoms with van der Waals surface area (Å²) in [5.74, 6) is 0.0144. The molecule has 3 aromatic carbocycles. The number of rotatable bonds is 4. The molecule has 3 unspecified atom stereocenters. The van der Waals surface area contributed by atoms with Crippen LogP contribution in [0.1, 0.15) is 69.1 Å². The minimum atomic E-state index is -0.317. The summed E-state index contributed by atoms with van der Waals surface area (Å²) in [5.41, 5.74) is 3.89. The van der Waals surface area contributed by atoms with E-state index in [0.29, 0.717) is 51.6 Å². The maximum atomic E-state index is 9.76. The molecule has 15 nitrogen and oxygen atoms in total. The first-order chi connectivity index (χ1) is 26.1. The van der Waals surface area contributed by atoms with Crippen LogP contribution in [0.25, 0.3) is 0 Å². The summed E-state index contributed by atoms with van der Waals surface area (Å²) in [6, 6.07) is 14.6. The fourth-order valence-corrected chi connectivity index (χ4v) is 6.70. The Balaban J connectivity index is 0.000000284. The monoisotopic (exact) mass is 953 g/mol. The third-order valence-electron chi connectivity index (χ3n) is 9.85. The number of nitrogens with zero attached hydrogens (tertiary/aromatic N) is 3. The Hall–Kier alpha value is -2.91. The van der Waals surface area contributed by atoms with Gasteiger partial charge in [-0.1, -0.05) is 29.3 Å². The Bertz CT molecular complexity index is 1810. The van der Waals surface area contributed by atoms with E-state index in [1.165, 1.54) is 31.4 Å². The zero-order chi connectivity index (χ0) is 38.3.